The Balaban J connectivity index is 1.58. The van der Waals surface area contributed by atoms with Gasteiger partial charge in [-0.05, 0) is 24.1 Å². The van der Waals surface area contributed by atoms with Crippen molar-refractivity contribution < 1.29 is 37.4 Å². The van der Waals surface area contributed by atoms with Crippen molar-refractivity contribution in [2.75, 3.05) is 13.2 Å². The van der Waals surface area contributed by atoms with Crippen molar-refractivity contribution in [2.24, 2.45) is 32.8 Å². The molecule has 29 heavy (non-hydrogen) atoms. The van der Waals surface area contributed by atoms with Gasteiger partial charge in [-0.2, -0.15) is 0 Å². The van der Waals surface area contributed by atoms with Crippen LogP contribution in [0.15, 0.2) is 9.98 Å². The van der Waals surface area contributed by atoms with Crippen molar-refractivity contribution in [1.29, 1.82) is 0 Å². The van der Waals surface area contributed by atoms with Crippen LogP contribution in [0.2, 0.25) is 0 Å². The molecule has 162 valence electrons. The second-order valence-corrected chi connectivity index (χ2v) is 11.1. The van der Waals surface area contributed by atoms with E-state index in [0.717, 1.165) is 12.7 Å². The standard InChI is InChI=1S/C14H22N4O8P2S/c15-5-17-10-8-2-14(8)4-23-28(21,29)26-9-1-7(24-13(9)18-6-16)3-22-27(20)25-12(14)11(10)19/h5-13,19H,1-4H2,(H4-,15,16,17,18,21,29)/p+1/t7-,8+,9+,10+,11-,12-,13+,14?,28?/m0/s1. The number of nitrogens with two attached hydrogens (primary N) is 2. The van der Waals surface area contributed by atoms with E-state index in [2.05, 4.69) is 9.98 Å². The van der Waals surface area contributed by atoms with E-state index in [-0.39, 0.29) is 25.6 Å². The van der Waals surface area contributed by atoms with Crippen LogP contribution < -0.4 is 11.5 Å². The number of fused-ring (bicyclic) bond motifs is 2. The Morgan fingerprint density at radius 1 is 1.31 bits per heavy atom. The zero-order valence-electron chi connectivity index (χ0n) is 15.2. The summed E-state index contributed by atoms with van der Waals surface area (Å²) in [6.07, 6.45) is -0.943. The number of aliphatic imine (C=N–C) groups is 2. The maximum Gasteiger partial charge on any atom is 0.697 e. The topological polar surface area (TPSA) is 180 Å². The third-order valence-electron chi connectivity index (χ3n) is 5.78. The van der Waals surface area contributed by atoms with Gasteiger partial charge in [0.25, 0.3) is 0 Å². The summed E-state index contributed by atoms with van der Waals surface area (Å²) in [5, 5.41) is 10.6. The summed E-state index contributed by atoms with van der Waals surface area (Å²) >= 11 is 5.16. The molecule has 10 atom stereocenters. The molecular formula is C14H23N4O8P2S+. The zero-order valence-corrected chi connectivity index (χ0v) is 17.8. The molecule has 3 unspecified atom stereocenters. The van der Waals surface area contributed by atoms with E-state index >= 15 is 0 Å². The Bertz CT molecular complexity index is 774. The molecule has 0 aromatic carbocycles. The lowest BCUT2D eigenvalue weighted by molar-refractivity contribution is -0.0270. The second kappa shape index (κ2) is 8.16. The van der Waals surface area contributed by atoms with Gasteiger partial charge in [-0.15, -0.1) is 9.05 Å². The third-order valence-corrected chi connectivity index (χ3v) is 8.11. The minimum atomic E-state index is -3.67. The molecule has 2 aliphatic carbocycles. The SMILES string of the molecule is NC=N[C@H]1[C@H](O)[C@@H]2O[P+](=O)OC[C@@H]3C[C@@H](OP(O)(=S)OCC24C[C@H]14)[C@H](N=CN)O3. The van der Waals surface area contributed by atoms with Gasteiger partial charge in [0.05, 0.1) is 31.4 Å². The van der Waals surface area contributed by atoms with Gasteiger partial charge in [-0.1, -0.05) is 0 Å². The molecule has 2 heterocycles. The van der Waals surface area contributed by atoms with E-state index < -0.39 is 57.1 Å². The van der Waals surface area contributed by atoms with Crippen LogP contribution in [0.3, 0.4) is 0 Å². The lowest BCUT2D eigenvalue weighted by Gasteiger charge is -2.25. The molecule has 0 aromatic heterocycles. The van der Waals surface area contributed by atoms with Crippen LogP contribution >= 0.6 is 15.0 Å². The fourth-order valence-corrected chi connectivity index (χ4v) is 6.76. The molecular weight excluding hydrogens is 446 g/mol. The van der Waals surface area contributed by atoms with E-state index in [9.17, 15) is 14.6 Å². The Morgan fingerprint density at radius 3 is 2.79 bits per heavy atom. The number of aliphatic hydroxyl groups is 1. The number of hydrogen-bond donors (Lipinski definition) is 4. The highest BCUT2D eigenvalue weighted by molar-refractivity contribution is 8.07. The van der Waals surface area contributed by atoms with Crippen LogP contribution in [0.4, 0.5) is 0 Å². The number of ether oxygens (including phenoxy) is 1. The van der Waals surface area contributed by atoms with E-state index in [4.69, 9.17) is 46.1 Å². The van der Waals surface area contributed by atoms with Gasteiger partial charge >= 0.3 is 15.0 Å². The molecule has 12 nitrogen and oxygen atoms in total. The van der Waals surface area contributed by atoms with Crippen molar-refractivity contribution >= 4 is 39.5 Å². The molecule has 15 heteroatoms. The molecule has 2 saturated carbocycles. The number of aliphatic hydroxyl groups excluding tert-OH is 1. The minimum absolute atomic E-state index is 0.0607. The van der Waals surface area contributed by atoms with Crippen LogP contribution in [-0.2, 0) is 39.2 Å². The number of hydrogen-bond acceptors (Lipinski definition) is 10. The van der Waals surface area contributed by atoms with Gasteiger partial charge in [0.15, 0.2) is 12.3 Å². The van der Waals surface area contributed by atoms with Crippen molar-refractivity contribution in [3.63, 3.8) is 0 Å². The summed E-state index contributed by atoms with van der Waals surface area (Å²) < 4.78 is 40.1. The quantitative estimate of drug-likeness (QED) is 0.233. The van der Waals surface area contributed by atoms with Crippen LogP contribution in [0.1, 0.15) is 12.8 Å². The predicted octanol–water partition coefficient (Wildman–Crippen LogP) is -0.484. The fourth-order valence-electron chi connectivity index (χ4n) is 4.41. The van der Waals surface area contributed by atoms with Gasteiger partial charge in [0.1, 0.15) is 18.8 Å². The lowest BCUT2D eigenvalue weighted by atomic mass is 10.0. The van der Waals surface area contributed by atoms with E-state index in [1.807, 2.05) is 0 Å². The highest BCUT2D eigenvalue weighted by Gasteiger charge is 2.74. The number of nitrogens with zero attached hydrogens (tertiary/aromatic N) is 2. The van der Waals surface area contributed by atoms with Crippen molar-refractivity contribution in [3.05, 3.63) is 0 Å². The zero-order chi connectivity index (χ0) is 20.8. The minimum Gasteiger partial charge on any atom is -0.390 e. The first-order valence-corrected chi connectivity index (χ1v) is 12.7. The molecule has 1 spiro atoms. The molecule has 0 radical (unpaired) electrons. The Morgan fingerprint density at radius 2 is 2.07 bits per heavy atom. The Kier molecular flexibility index (Phi) is 6.09. The van der Waals surface area contributed by atoms with Crippen LogP contribution in [-0.4, -0.2) is 72.6 Å². The molecule has 4 aliphatic rings. The largest absolute Gasteiger partial charge is 0.697 e. The molecule has 0 aromatic rings. The molecule has 2 saturated heterocycles. The first-order chi connectivity index (χ1) is 13.8. The van der Waals surface area contributed by atoms with Crippen LogP contribution in [0.25, 0.3) is 0 Å². The Labute approximate surface area is 172 Å². The van der Waals surface area contributed by atoms with Gasteiger partial charge in [-0.25, -0.2) is 4.99 Å². The van der Waals surface area contributed by atoms with Crippen molar-refractivity contribution in [1.82, 2.24) is 0 Å². The first-order valence-electron chi connectivity index (χ1n) is 9.02. The van der Waals surface area contributed by atoms with E-state index in [1.165, 1.54) is 0 Å². The Hall–Kier alpha value is -0.590. The highest BCUT2D eigenvalue weighted by Crippen LogP contribution is 2.68. The summed E-state index contributed by atoms with van der Waals surface area (Å²) in [7, 11) is -2.56. The molecule has 4 rings (SSSR count). The van der Waals surface area contributed by atoms with Gasteiger partial charge < -0.3 is 35.3 Å². The monoisotopic (exact) mass is 469 g/mol. The van der Waals surface area contributed by atoms with E-state index in [0.29, 0.717) is 6.42 Å². The molecule has 4 fully saturated rings. The molecule has 2 aliphatic heterocycles. The predicted molar refractivity (Wildman–Crippen MR) is 105 cm³/mol. The summed E-state index contributed by atoms with van der Waals surface area (Å²) in [5.41, 5.74) is 10.0. The summed E-state index contributed by atoms with van der Waals surface area (Å²) in [5.74, 6) is -0.125. The van der Waals surface area contributed by atoms with Gasteiger partial charge in [0.2, 0.25) is 0 Å². The molecule has 0 amide bonds. The maximum atomic E-state index is 12.4. The van der Waals surface area contributed by atoms with Crippen molar-refractivity contribution in [3.8, 4) is 0 Å². The normalized spacial score (nSPS) is 51.9. The van der Waals surface area contributed by atoms with Gasteiger partial charge in [0, 0.05) is 16.4 Å². The average Bonchev–Trinajstić information content (AvgIpc) is 3.21. The smallest absolute Gasteiger partial charge is 0.390 e. The van der Waals surface area contributed by atoms with Gasteiger partial charge in [-0.3, -0.25) is 4.99 Å². The summed E-state index contributed by atoms with van der Waals surface area (Å²) in [4.78, 5) is 18.6. The van der Waals surface area contributed by atoms with E-state index in [1.54, 1.807) is 0 Å². The summed E-state index contributed by atoms with van der Waals surface area (Å²) in [6, 6.07) is -0.537. The maximum absolute atomic E-state index is 12.4. The molecule has 2 bridgehead atoms. The second-order valence-electron chi connectivity index (χ2n) is 7.44. The van der Waals surface area contributed by atoms with Crippen LogP contribution in [0.5, 0.6) is 0 Å². The third kappa shape index (κ3) is 4.14. The first kappa shape index (κ1) is 21.6. The van der Waals surface area contributed by atoms with Crippen molar-refractivity contribution in [2.45, 2.75) is 49.5 Å². The number of rotatable bonds is 2. The summed E-state index contributed by atoms with van der Waals surface area (Å²) in [6.45, 7) is -3.80. The average molecular weight is 469 g/mol. The molecule has 6 N–H and O–H groups in total. The highest BCUT2D eigenvalue weighted by atomic mass is 32.5. The fraction of sp³-hybridized carbons (Fsp3) is 0.857. The van der Waals surface area contributed by atoms with Crippen LogP contribution in [0, 0.1) is 11.3 Å². The lowest BCUT2D eigenvalue weighted by Crippen LogP contribution is -2.38.